The van der Waals surface area contributed by atoms with E-state index in [0.29, 0.717) is 23.5 Å². The van der Waals surface area contributed by atoms with Crippen LogP contribution in [0.25, 0.3) is 0 Å². The van der Waals surface area contributed by atoms with Crippen molar-refractivity contribution in [3.63, 3.8) is 0 Å². The molecule has 26 heavy (non-hydrogen) atoms. The van der Waals surface area contributed by atoms with Crippen LogP contribution < -0.4 is 16.0 Å². The Morgan fingerprint density at radius 1 is 1.12 bits per heavy atom. The molecule has 1 fully saturated rings. The lowest BCUT2D eigenvalue weighted by Gasteiger charge is -2.34. The smallest absolute Gasteiger partial charge is 0.323 e. The fourth-order valence-electron chi connectivity index (χ4n) is 3.00. The summed E-state index contributed by atoms with van der Waals surface area (Å²) in [5.41, 5.74) is 2.83. The minimum atomic E-state index is -0.334. The van der Waals surface area contributed by atoms with Crippen molar-refractivity contribution in [3.8, 4) is 0 Å². The summed E-state index contributed by atoms with van der Waals surface area (Å²) in [6, 6.07) is 14.5. The van der Waals surface area contributed by atoms with Gasteiger partial charge in [-0.3, -0.25) is 4.79 Å². The first-order valence-corrected chi connectivity index (χ1v) is 8.80. The van der Waals surface area contributed by atoms with Crippen LogP contribution in [0.3, 0.4) is 0 Å². The number of rotatable bonds is 3. The summed E-state index contributed by atoms with van der Waals surface area (Å²) < 4.78 is 0. The normalized spacial score (nSPS) is 16.8. The molecule has 6 nitrogen and oxygen atoms in total. The van der Waals surface area contributed by atoms with Crippen LogP contribution in [0.4, 0.5) is 16.2 Å². The van der Waals surface area contributed by atoms with E-state index in [0.717, 1.165) is 18.7 Å². The van der Waals surface area contributed by atoms with Gasteiger partial charge in [0.1, 0.15) is 0 Å². The number of carbonyl (C=O) groups excluding carboxylic acids is 2. The highest BCUT2D eigenvalue weighted by Crippen LogP contribution is 2.20. The fraction of sp³-hybridized carbons (Fsp3) is 0.300. The van der Waals surface area contributed by atoms with Crippen LogP contribution >= 0.6 is 0 Å². The Balaban J connectivity index is 1.73. The molecule has 1 saturated heterocycles. The zero-order valence-corrected chi connectivity index (χ0v) is 15.1. The number of hydrogen-bond donors (Lipinski definition) is 3. The van der Waals surface area contributed by atoms with E-state index in [1.807, 2.05) is 61.2 Å². The van der Waals surface area contributed by atoms with Crippen LogP contribution in [0, 0.1) is 6.92 Å². The van der Waals surface area contributed by atoms with Gasteiger partial charge in [0.05, 0.1) is 0 Å². The standard InChI is InChI=1S/C20H24N4O2/c1-14-8-9-16(19(25)24-11-10-21-13-15(24)2)12-18(14)23-20(26)22-17-6-4-3-5-7-17/h3-9,12,15,21H,10-11,13H2,1-2H3,(H2,22,23,26). The van der Waals surface area contributed by atoms with Crippen molar-refractivity contribution in [2.45, 2.75) is 19.9 Å². The predicted octanol–water partition coefficient (Wildman–Crippen LogP) is 3.07. The first-order valence-electron chi connectivity index (χ1n) is 8.80. The molecule has 2 aromatic carbocycles. The first-order chi connectivity index (χ1) is 12.5. The molecule has 3 N–H and O–H groups in total. The van der Waals surface area contributed by atoms with E-state index in [2.05, 4.69) is 16.0 Å². The van der Waals surface area contributed by atoms with Crippen LogP contribution in [-0.2, 0) is 0 Å². The number of carbonyl (C=O) groups is 2. The second kappa shape index (κ2) is 8.01. The maximum atomic E-state index is 12.8. The zero-order chi connectivity index (χ0) is 18.5. The molecule has 1 unspecified atom stereocenters. The van der Waals surface area contributed by atoms with E-state index in [1.165, 1.54) is 0 Å². The van der Waals surface area contributed by atoms with E-state index in [1.54, 1.807) is 6.07 Å². The summed E-state index contributed by atoms with van der Waals surface area (Å²) in [5, 5.41) is 8.90. The van der Waals surface area contributed by atoms with Gasteiger partial charge in [-0.2, -0.15) is 0 Å². The molecule has 3 rings (SSSR count). The van der Waals surface area contributed by atoms with Crippen LogP contribution in [0.5, 0.6) is 0 Å². The van der Waals surface area contributed by atoms with Crippen LogP contribution in [0.15, 0.2) is 48.5 Å². The van der Waals surface area contributed by atoms with E-state index in [-0.39, 0.29) is 18.0 Å². The van der Waals surface area contributed by atoms with Gasteiger partial charge in [-0.25, -0.2) is 4.79 Å². The minimum Gasteiger partial charge on any atom is -0.333 e. The van der Waals surface area contributed by atoms with Crippen LogP contribution in [0.1, 0.15) is 22.8 Å². The van der Waals surface area contributed by atoms with Crippen molar-refractivity contribution in [2.24, 2.45) is 0 Å². The third kappa shape index (κ3) is 4.21. The lowest BCUT2D eigenvalue weighted by molar-refractivity contribution is 0.0656. The van der Waals surface area contributed by atoms with Crippen LogP contribution in [0.2, 0.25) is 0 Å². The fourth-order valence-corrected chi connectivity index (χ4v) is 3.00. The van der Waals surface area contributed by atoms with Gasteiger partial charge in [-0.1, -0.05) is 24.3 Å². The third-order valence-corrected chi connectivity index (χ3v) is 4.53. The molecule has 0 bridgehead atoms. The molecule has 0 aromatic heterocycles. The maximum absolute atomic E-state index is 12.8. The van der Waals surface area contributed by atoms with Crippen molar-refractivity contribution < 1.29 is 9.59 Å². The van der Waals surface area contributed by atoms with Gasteiger partial charge in [0, 0.05) is 42.6 Å². The van der Waals surface area contributed by atoms with Gasteiger partial charge >= 0.3 is 6.03 Å². The highest BCUT2D eigenvalue weighted by molar-refractivity contribution is 6.02. The SMILES string of the molecule is Cc1ccc(C(=O)N2CCNCC2C)cc1NC(=O)Nc1ccccc1. The third-order valence-electron chi connectivity index (χ3n) is 4.53. The Morgan fingerprint density at radius 2 is 1.88 bits per heavy atom. The summed E-state index contributed by atoms with van der Waals surface area (Å²) in [6.07, 6.45) is 0. The summed E-state index contributed by atoms with van der Waals surface area (Å²) >= 11 is 0. The molecule has 1 heterocycles. The molecule has 6 heteroatoms. The van der Waals surface area contributed by atoms with Crippen molar-refractivity contribution in [1.82, 2.24) is 10.2 Å². The molecule has 136 valence electrons. The number of anilines is 2. The molecule has 0 aliphatic carbocycles. The number of piperazine rings is 1. The second-order valence-electron chi connectivity index (χ2n) is 6.53. The lowest BCUT2D eigenvalue weighted by atomic mass is 10.1. The van der Waals surface area contributed by atoms with Crippen molar-refractivity contribution >= 4 is 23.3 Å². The summed E-state index contributed by atoms with van der Waals surface area (Å²) in [4.78, 5) is 26.9. The number of para-hydroxylation sites is 1. The average molecular weight is 352 g/mol. The largest absolute Gasteiger partial charge is 0.333 e. The number of nitrogens with zero attached hydrogens (tertiary/aromatic N) is 1. The van der Waals surface area contributed by atoms with Gasteiger partial charge in [0.2, 0.25) is 0 Å². The Kier molecular flexibility index (Phi) is 5.53. The minimum absolute atomic E-state index is 0.00878. The Bertz CT molecular complexity index is 792. The van der Waals surface area contributed by atoms with E-state index >= 15 is 0 Å². The lowest BCUT2D eigenvalue weighted by Crippen LogP contribution is -2.52. The molecular formula is C20H24N4O2. The van der Waals surface area contributed by atoms with E-state index in [4.69, 9.17) is 0 Å². The van der Waals surface area contributed by atoms with Crippen molar-refractivity contribution in [3.05, 3.63) is 59.7 Å². The van der Waals surface area contributed by atoms with Crippen LogP contribution in [-0.4, -0.2) is 42.5 Å². The number of benzene rings is 2. The molecule has 3 amide bonds. The molecule has 0 saturated carbocycles. The first kappa shape index (κ1) is 17.9. The Hall–Kier alpha value is -2.86. The highest BCUT2D eigenvalue weighted by atomic mass is 16.2. The number of nitrogens with one attached hydrogen (secondary N) is 3. The van der Waals surface area contributed by atoms with Crippen molar-refractivity contribution in [1.29, 1.82) is 0 Å². The zero-order valence-electron chi connectivity index (χ0n) is 15.1. The number of hydrogen-bond acceptors (Lipinski definition) is 3. The van der Waals surface area contributed by atoms with E-state index < -0.39 is 0 Å². The molecular weight excluding hydrogens is 328 g/mol. The molecule has 0 spiro atoms. The molecule has 2 aromatic rings. The van der Waals surface area contributed by atoms with Gasteiger partial charge in [0.15, 0.2) is 0 Å². The highest BCUT2D eigenvalue weighted by Gasteiger charge is 2.24. The monoisotopic (exact) mass is 352 g/mol. The molecule has 1 atom stereocenters. The quantitative estimate of drug-likeness (QED) is 0.795. The molecule has 1 aliphatic rings. The summed E-state index contributed by atoms with van der Waals surface area (Å²) in [6.45, 7) is 6.21. The summed E-state index contributed by atoms with van der Waals surface area (Å²) in [5.74, 6) is -0.00878. The second-order valence-corrected chi connectivity index (χ2v) is 6.53. The average Bonchev–Trinajstić information content (AvgIpc) is 2.64. The molecule has 1 aliphatic heterocycles. The molecule has 0 radical (unpaired) electrons. The number of urea groups is 1. The number of amides is 3. The van der Waals surface area contributed by atoms with E-state index in [9.17, 15) is 9.59 Å². The topological polar surface area (TPSA) is 73.5 Å². The number of aryl methyl sites for hydroxylation is 1. The van der Waals surface area contributed by atoms with Gasteiger partial charge in [-0.05, 0) is 43.7 Å². The predicted molar refractivity (Wildman–Crippen MR) is 104 cm³/mol. The Morgan fingerprint density at radius 3 is 2.62 bits per heavy atom. The maximum Gasteiger partial charge on any atom is 0.323 e. The summed E-state index contributed by atoms with van der Waals surface area (Å²) in [7, 11) is 0. The Labute approximate surface area is 153 Å². The van der Waals surface area contributed by atoms with Gasteiger partial charge in [-0.15, -0.1) is 0 Å². The van der Waals surface area contributed by atoms with Crippen molar-refractivity contribution in [2.75, 3.05) is 30.3 Å². The van der Waals surface area contributed by atoms with Gasteiger partial charge < -0.3 is 20.9 Å². The van der Waals surface area contributed by atoms with Gasteiger partial charge in [0.25, 0.3) is 5.91 Å².